The van der Waals surface area contributed by atoms with Gasteiger partial charge in [0.25, 0.3) is 0 Å². The molecule has 1 aliphatic heterocycles. The van der Waals surface area contributed by atoms with Gasteiger partial charge in [-0.1, -0.05) is 6.92 Å². The fourth-order valence-corrected chi connectivity index (χ4v) is 1.69. The number of carboxylic acid groups (broad SMARTS) is 1. The fraction of sp³-hybridized carbons (Fsp3) is 0.900. The van der Waals surface area contributed by atoms with Crippen molar-refractivity contribution in [1.29, 1.82) is 0 Å². The lowest BCUT2D eigenvalue weighted by molar-refractivity contribution is -0.143. The second kappa shape index (κ2) is 5.44. The Morgan fingerprint density at radius 3 is 2.87 bits per heavy atom. The molecular weight excluding hydrogens is 196 g/mol. The number of hydrogen-bond acceptors (Lipinski definition) is 4. The van der Waals surface area contributed by atoms with E-state index in [0.29, 0.717) is 18.9 Å². The van der Waals surface area contributed by atoms with Crippen LogP contribution in [0.4, 0.5) is 0 Å². The average Bonchev–Trinajstić information content (AvgIpc) is 2.16. The van der Waals surface area contributed by atoms with Gasteiger partial charge in [0.05, 0.1) is 6.61 Å². The van der Waals surface area contributed by atoms with Gasteiger partial charge in [0.1, 0.15) is 12.3 Å². The predicted molar refractivity (Wildman–Crippen MR) is 56.3 cm³/mol. The second-order valence-corrected chi connectivity index (χ2v) is 4.34. The molecule has 5 heteroatoms. The van der Waals surface area contributed by atoms with Gasteiger partial charge in [0.15, 0.2) is 0 Å². The molecule has 0 saturated carbocycles. The number of carbonyl (C=O) groups is 1. The zero-order valence-corrected chi connectivity index (χ0v) is 9.27. The number of rotatable bonds is 4. The van der Waals surface area contributed by atoms with E-state index in [0.717, 1.165) is 6.42 Å². The minimum atomic E-state index is -0.809. The summed E-state index contributed by atoms with van der Waals surface area (Å²) in [5.41, 5.74) is 5.58. The summed E-state index contributed by atoms with van der Waals surface area (Å²) in [7, 11) is 0. The van der Waals surface area contributed by atoms with Crippen LogP contribution in [0.5, 0.6) is 0 Å². The van der Waals surface area contributed by atoms with Crippen LogP contribution in [0.15, 0.2) is 0 Å². The maximum atomic E-state index is 10.8. The van der Waals surface area contributed by atoms with E-state index >= 15 is 0 Å². The van der Waals surface area contributed by atoms with Gasteiger partial charge < -0.3 is 15.6 Å². The molecule has 0 aliphatic carbocycles. The molecule has 0 bridgehead atoms. The smallest absolute Gasteiger partial charge is 0.320 e. The fourth-order valence-electron chi connectivity index (χ4n) is 1.69. The van der Waals surface area contributed by atoms with Crippen molar-refractivity contribution in [3.05, 3.63) is 0 Å². The van der Waals surface area contributed by atoms with E-state index < -0.39 is 12.0 Å². The highest BCUT2D eigenvalue weighted by Gasteiger charge is 2.31. The topological polar surface area (TPSA) is 84.6 Å². The Bertz CT molecular complexity index is 221. The molecule has 1 rings (SSSR count). The quantitative estimate of drug-likeness (QED) is 0.623. The molecule has 1 fully saturated rings. The van der Waals surface area contributed by atoms with Crippen molar-refractivity contribution in [2.24, 2.45) is 11.7 Å². The van der Waals surface area contributed by atoms with Gasteiger partial charge in [0.2, 0.25) is 0 Å². The third kappa shape index (κ3) is 3.77. The van der Waals surface area contributed by atoms with Crippen molar-refractivity contribution in [1.82, 2.24) is 5.32 Å². The Labute approximate surface area is 90.0 Å². The van der Waals surface area contributed by atoms with Crippen molar-refractivity contribution < 1.29 is 14.6 Å². The number of ether oxygens (including phenoxy) is 1. The lowest BCUT2D eigenvalue weighted by atomic mass is 9.94. The lowest BCUT2D eigenvalue weighted by Gasteiger charge is -2.34. The molecular formula is C10H20N2O3. The summed E-state index contributed by atoms with van der Waals surface area (Å²) in [6, 6.07) is -0.511. The molecule has 1 saturated heterocycles. The highest BCUT2D eigenvalue weighted by Crippen LogP contribution is 2.20. The molecule has 15 heavy (non-hydrogen) atoms. The van der Waals surface area contributed by atoms with Gasteiger partial charge in [-0.25, -0.2) is 0 Å². The van der Waals surface area contributed by atoms with E-state index in [-0.39, 0.29) is 12.3 Å². The first kappa shape index (κ1) is 12.4. The molecule has 4 N–H and O–H groups in total. The Morgan fingerprint density at radius 1 is 1.67 bits per heavy atom. The summed E-state index contributed by atoms with van der Waals surface area (Å²) < 4.78 is 5.54. The summed E-state index contributed by atoms with van der Waals surface area (Å²) in [5.74, 6) is -0.476. The largest absolute Gasteiger partial charge is 0.480 e. The minimum absolute atomic E-state index is 0.0239. The van der Waals surface area contributed by atoms with E-state index in [1.165, 1.54) is 0 Å². The van der Waals surface area contributed by atoms with Crippen LogP contribution in [0.25, 0.3) is 0 Å². The standard InChI is InChI=1S/C10H20N2O3/c1-6-3-4-8(10(13)14)12-9(6)15-5-7(2)11/h6-9,12H,3-5,11H2,1-2H3,(H,13,14). The maximum absolute atomic E-state index is 10.8. The molecule has 88 valence electrons. The molecule has 4 atom stereocenters. The number of nitrogens with two attached hydrogens (primary N) is 1. The first-order valence-electron chi connectivity index (χ1n) is 5.36. The number of nitrogens with one attached hydrogen (secondary N) is 1. The Balaban J connectivity index is 2.42. The summed E-state index contributed by atoms with van der Waals surface area (Å²) in [6.45, 7) is 4.37. The summed E-state index contributed by atoms with van der Waals surface area (Å²) in [4.78, 5) is 10.8. The molecule has 4 unspecified atom stereocenters. The highest BCUT2D eigenvalue weighted by molar-refractivity contribution is 5.73. The molecule has 5 nitrogen and oxygen atoms in total. The number of hydrogen-bond donors (Lipinski definition) is 3. The van der Waals surface area contributed by atoms with Crippen molar-refractivity contribution in [3.63, 3.8) is 0 Å². The van der Waals surface area contributed by atoms with Crippen LogP contribution in [0.2, 0.25) is 0 Å². The first-order valence-corrected chi connectivity index (χ1v) is 5.36. The van der Waals surface area contributed by atoms with Gasteiger partial charge >= 0.3 is 5.97 Å². The molecule has 0 aromatic heterocycles. The van der Waals surface area contributed by atoms with E-state index in [2.05, 4.69) is 12.2 Å². The van der Waals surface area contributed by atoms with Crippen LogP contribution < -0.4 is 11.1 Å². The van der Waals surface area contributed by atoms with Gasteiger partial charge in [-0.3, -0.25) is 10.1 Å². The van der Waals surface area contributed by atoms with Gasteiger partial charge in [-0.05, 0) is 25.7 Å². The summed E-state index contributed by atoms with van der Waals surface area (Å²) in [5, 5.41) is 11.9. The third-order valence-corrected chi connectivity index (χ3v) is 2.63. The van der Waals surface area contributed by atoms with E-state index in [1.54, 1.807) is 0 Å². The molecule has 1 heterocycles. The summed E-state index contributed by atoms with van der Waals surface area (Å²) in [6.07, 6.45) is 1.34. The number of carboxylic acids is 1. The monoisotopic (exact) mass is 216 g/mol. The van der Waals surface area contributed by atoms with Crippen molar-refractivity contribution in [2.75, 3.05) is 6.61 Å². The van der Waals surface area contributed by atoms with E-state index in [4.69, 9.17) is 15.6 Å². The summed E-state index contributed by atoms with van der Waals surface area (Å²) >= 11 is 0. The van der Waals surface area contributed by atoms with Crippen molar-refractivity contribution in [2.45, 2.75) is 45.0 Å². The van der Waals surface area contributed by atoms with E-state index in [9.17, 15) is 4.79 Å². The predicted octanol–water partition coefficient (Wildman–Crippen LogP) is 0.149. The molecule has 0 spiro atoms. The van der Waals surface area contributed by atoms with Crippen molar-refractivity contribution >= 4 is 5.97 Å². The van der Waals surface area contributed by atoms with Crippen LogP contribution >= 0.6 is 0 Å². The maximum Gasteiger partial charge on any atom is 0.320 e. The van der Waals surface area contributed by atoms with Gasteiger partial charge in [-0.2, -0.15) is 0 Å². The van der Waals surface area contributed by atoms with E-state index in [1.807, 2.05) is 6.92 Å². The molecule has 0 amide bonds. The van der Waals surface area contributed by atoms with Crippen LogP contribution in [0.1, 0.15) is 26.7 Å². The molecule has 0 radical (unpaired) electrons. The highest BCUT2D eigenvalue weighted by atomic mass is 16.5. The SMILES string of the molecule is CC(N)COC1NC(C(=O)O)CCC1C. The van der Waals surface area contributed by atoms with Crippen LogP contribution in [0.3, 0.4) is 0 Å². The normalized spacial score (nSPS) is 33.7. The molecule has 1 aliphatic rings. The van der Waals surface area contributed by atoms with Crippen LogP contribution in [0, 0.1) is 5.92 Å². The minimum Gasteiger partial charge on any atom is -0.480 e. The van der Waals surface area contributed by atoms with Gasteiger partial charge in [-0.15, -0.1) is 0 Å². The molecule has 0 aromatic rings. The Morgan fingerprint density at radius 2 is 2.33 bits per heavy atom. The lowest BCUT2D eigenvalue weighted by Crippen LogP contribution is -2.52. The van der Waals surface area contributed by atoms with Crippen molar-refractivity contribution in [3.8, 4) is 0 Å². The Hall–Kier alpha value is -0.650. The number of piperidine rings is 1. The van der Waals surface area contributed by atoms with Crippen LogP contribution in [-0.4, -0.2) is 36.0 Å². The zero-order chi connectivity index (χ0) is 11.4. The number of aliphatic carboxylic acids is 1. The Kier molecular flexibility index (Phi) is 4.50. The zero-order valence-electron chi connectivity index (χ0n) is 9.27. The second-order valence-electron chi connectivity index (χ2n) is 4.34. The van der Waals surface area contributed by atoms with Crippen LogP contribution in [-0.2, 0) is 9.53 Å². The average molecular weight is 216 g/mol. The third-order valence-electron chi connectivity index (χ3n) is 2.63. The first-order chi connectivity index (χ1) is 7.00. The van der Waals surface area contributed by atoms with Gasteiger partial charge in [0, 0.05) is 6.04 Å². The molecule has 0 aromatic carbocycles.